The predicted molar refractivity (Wildman–Crippen MR) is 72.8 cm³/mol. The Hall–Kier alpha value is -0.390. The van der Waals surface area contributed by atoms with Gasteiger partial charge in [-0.1, -0.05) is 54.1 Å². The Balaban J connectivity index is 2.44. The molecule has 1 rings (SSSR count). The molecule has 0 unspecified atom stereocenters. The molecule has 1 aliphatic carbocycles. The van der Waals surface area contributed by atoms with E-state index in [9.17, 15) is 14.7 Å². The summed E-state index contributed by atoms with van der Waals surface area (Å²) in [5.41, 5.74) is -0.906. The maximum Gasteiger partial charge on any atom is 0.407 e. The van der Waals surface area contributed by atoms with Gasteiger partial charge in [-0.25, -0.2) is 4.79 Å². The highest BCUT2D eigenvalue weighted by Crippen LogP contribution is 2.36. The van der Waals surface area contributed by atoms with Crippen molar-refractivity contribution in [3.63, 3.8) is 0 Å². The highest BCUT2D eigenvalue weighted by Gasteiger charge is 2.40. The molecule has 1 amide bonds. The van der Waals surface area contributed by atoms with Crippen LogP contribution in [0.15, 0.2) is 0 Å². The number of ether oxygens (including phenoxy) is 1. The number of hydrogen-bond acceptors (Lipinski definition) is 3. The maximum absolute atomic E-state index is 11.4. The number of alkyl carbamates (subject to hydrolysis) is 1. The summed E-state index contributed by atoms with van der Waals surface area (Å²) in [6, 6.07) is 0. The molecule has 0 heterocycles. The largest absolute Gasteiger partial charge is 0.481 e. The number of carbonyl (C=O) groups is 2. The third kappa shape index (κ3) is 5.63. The summed E-state index contributed by atoms with van der Waals surface area (Å²) >= 11 is 16.3. The molecule has 0 atom stereocenters. The summed E-state index contributed by atoms with van der Waals surface area (Å²) in [6.07, 6.45) is 3.03. The second-order valence-corrected chi connectivity index (χ2v) is 7.21. The molecule has 0 aliphatic heterocycles. The number of carbonyl (C=O) groups excluding carboxylic acids is 1. The number of carboxylic acid groups (broad SMARTS) is 1. The standard InChI is InChI=1S/C11H16Cl3NO4/c12-11(13,14)7-19-9(18)15-6-10(8(16)17)4-2-1-3-5-10/h1-7H2,(H,15,18)(H,16,17). The molecule has 1 saturated carbocycles. The highest BCUT2D eigenvalue weighted by molar-refractivity contribution is 6.67. The average molecular weight is 333 g/mol. The van der Waals surface area contributed by atoms with Crippen LogP contribution in [0.25, 0.3) is 0 Å². The van der Waals surface area contributed by atoms with E-state index >= 15 is 0 Å². The molecule has 0 saturated heterocycles. The second kappa shape index (κ2) is 6.86. The SMILES string of the molecule is O=C(NCC1(C(=O)O)CCCCC1)OCC(Cl)(Cl)Cl. The minimum atomic E-state index is -1.67. The van der Waals surface area contributed by atoms with Crippen molar-refractivity contribution in [3.8, 4) is 0 Å². The Morgan fingerprint density at radius 3 is 2.26 bits per heavy atom. The molecule has 0 bridgehead atoms. The normalized spacial score (nSPS) is 18.7. The van der Waals surface area contributed by atoms with Crippen molar-refractivity contribution in [2.45, 2.75) is 35.9 Å². The molecule has 110 valence electrons. The number of aliphatic carboxylic acids is 1. The smallest absolute Gasteiger partial charge is 0.407 e. The van der Waals surface area contributed by atoms with Crippen molar-refractivity contribution in [2.75, 3.05) is 13.2 Å². The average Bonchev–Trinajstić information content (AvgIpc) is 2.34. The molecule has 0 radical (unpaired) electrons. The van der Waals surface area contributed by atoms with Gasteiger partial charge in [0.05, 0.1) is 5.41 Å². The Kier molecular flexibility index (Phi) is 6.02. The van der Waals surface area contributed by atoms with E-state index in [1.165, 1.54) is 0 Å². The lowest BCUT2D eigenvalue weighted by Crippen LogP contribution is -2.44. The van der Waals surface area contributed by atoms with Crippen LogP contribution in [0.4, 0.5) is 4.79 Å². The van der Waals surface area contributed by atoms with Gasteiger partial charge in [-0.2, -0.15) is 0 Å². The third-order valence-corrected chi connectivity index (χ3v) is 3.53. The van der Waals surface area contributed by atoms with Gasteiger partial charge in [0.1, 0.15) is 6.61 Å². The summed E-state index contributed by atoms with van der Waals surface area (Å²) in [4.78, 5) is 22.7. The number of hydrogen-bond donors (Lipinski definition) is 2. The second-order valence-electron chi connectivity index (χ2n) is 4.69. The summed E-state index contributed by atoms with van der Waals surface area (Å²) in [7, 11) is 0. The van der Waals surface area contributed by atoms with Crippen LogP contribution >= 0.6 is 34.8 Å². The fourth-order valence-corrected chi connectivity index (χ4v) is 2.30. The summed E-state index contributed by atoms with van der Waals surface area (Å²) in [5.74, 6) is -0.895. The van der Waals surface area contributed by atoms with Crippen molar-refractivity contribution in [1.29, 1.82) is 0 Å². The van der Waals surface area contributed by atoms with Crippen LogP contribution < -0.4 is 5.32 Å². The first-order valence-corrected chi connectivity index (χ1v) is 7.09. The number of nitrogens with one attached hydrogen (secondary N) is 1. The summed E-state index contributed by atoms with van der Waals surface area (Å²) in [6.45, 7) is -0.357. The number of carboxylic acids is 1. The van der Waals surface area contributed by atoms with Gasteiger partial charge >= 0.3 is 12.1 Å². The van der Waals surface area contributed by atoms with E-state index in [0.29, 0.717) is 12.8 Å². The Morgan fingerprint density at radius 2 is 1.79 bits per heavy atom. The Labute approximate surface area is 126 Å². The van der Waals surface area contributed by atoms with E-state index in [-0.39, 0.29) is 13.2 Å². The summed E-state index contributed by atoms with van der Waals surface area (Å²) in [5, 5.41) is 11.7. The third-order valence-electron chi connectivity index (χ3n) is 3.20. The van der Waals surface area contributed by atoms with Gasteiger partial charge in [0.15, 0.2) is 0 Å². The molecule has 5 nitrogen and oxygen atoms in total. The maximum atomic E-state index is 11.4. The van der Waals surface area contributed by atoms with Crippen LogP contribution in [0.1, 0.15) is 32.1 Å². The summed E-state index contributed by atoms with van der Waals surface area (Å²) < 4.78 is 3.01. The Morgan fingerprint density at radius 1 is 1.21 bits per heavy atom. The molecule has 0 spiro atoms. The van der Waals surface area contributed by atoms with Crippen LogP contribution in [0, 0.1) is 5.41 Å². The first kappa shape index (κ1) is 16.7. The van der Waals surface area contributed by atoms with E-state index in [1.54, 1.807) is 0 Å². The van der Waals surface area contributed by atoms with Gasteiger partial charge in [0.2, 0.25) is 3.79 Å². The molecule has 2 N–H and O–H groups in total. The van der Waals surface area contributed by atoms with Gasteiger partial charge in [0, 0.05) is 6.54 Å². The number of halogens is 3. The lowest BCUT2D eigenvalue weighted by atomic mass is 9.74. The van der Waals surface area contributed by atoms with Crippen molar-refractivity contribution in [2.24, 2.45) is 5.41 Å². The first-order valence-electron chi connectivity index (χ1n) is 5.96. The zero-order chi connectivity index (χ0) is 14.5. The zero-order valence-electron chi connectivity index (χ0n) is 10.3. The lowest BCUT2D eigenvalue weighted by molar-refractivity contribution is -0.150. The topological polar surface area (TPSA) is 75.6 Å². The minimum absolute atomic E-state index is 0.0288. The number of alkyl halides is 3. The molecule has 1 aliphatic rings. The quantitative estimate of drug-likeness (QED) is 0.776. The lowest BCUT2D eigenvalue weighted by Gasteiger charge is -2.33. The minimum Gasteiger partial charge on any atom is -0.481 e. The molecule has 19 heavy (non-hydrogen) atoms. The predicted octanol–water partition coefficient (Wildman–Crippen LogP) is 3.12. The van der Waals surface area contributed by atoms with E-state index in [2.05, 4.69) is 10.1 Å². The van der Waals surface area contributed by atoms with Crippen LogP contribution in [0.2, 0.25) is 0 Å². The van der Waals surface area contributed by atoms with Crippen LogP contribution in [-0.4, -0.2) is 34.1 Å². The highest BCUT2D eigenvalue weighted by atomic mass is 35.6. The number of amides is 1. The Bertz CT molecular complexity index is 337. The number of rotatable bonds is 4. The molecule has 1 fully saturated rings. The van der Waals surface area contributed by atoms with E-state index < -0.39 is 21.3 Å². The van der Waals surface area contributed by atoms with Gasteiger partial charge in [0.25, 0.3) is 0 Å². The van der Waals surface area contributed by atoms with Crippen molar-refractivity contribution in [1.82, 2.24) is 5.32 Å². The van der Waals surface area contributed by atoms with E-state index in [1.807, 2.05) is 0 Å². The van der Waals surface area contributed by atoms with Crippen LogP contribution in [0.5, 0.6) is 0 Å². The molecular formula is C11H16Cl3NO4. The fourth-order valence-electron chi connectivity index (χ4n) is 2.13. The van der Waals surface area contributed by atoms with Gasteiger partial charge in [-0.15, -0.1) is 0 Å². The zero-order valence-corrected chi connectivity index (χ0v) is 12.5. The van der Waals surface area contributed by atoms with Crippen molar-refractivity contribution >= 4 is 46.9 Å². The molecule has 8 heteroatoms. The van der Waals surface area contributed by atoms with E-state index in [0.717, 1.165) is 19.3 Å². The monoisotopic (exact) mass is 331 g/mol. The molecular weight excluding hydrogens is 316 g/mol. The van der Waals surface area contributed by atoms with Gasteiger partial charge < -0.3 is 15.2 Å². The fraction of sp³-hybridized carbons (Fsp3) is 0.818. The van der Waals surface area contributed by atoms with Crippen molar-refractivity contribution in [3.05, 3.63) is 0 Å². The van der Waals surface area contributed by atoms with Gasteiger partial charge in [-0.05, 0) is 12.8 Å². The van der Waals surface area contributed by atoms with Crippen molar-refractivity contribution < 1.29 is 19.4 Å². The van der Waals surface area contributed by atoms with Crippen LogP contribution in [0.3, 0.4) is 0 Å². The molecule has 0 aromatic rings. The van der Waals surface area contributed by atoms with E-state index in [4.69, 9.17) is 34.8 Å². The van der Waals surface area contributed by atoms with Gasteiger partial charge in [-0.3, -0.25) is 4.79 Å². The molecule has 0 aromatic heterocycles. The van der Waals surface area contributed by atoms with Crippen LogP contribution in [-0.2, 0) is 9.53 Å². The molecule has 0 aromatic carbocycles. The first-order chi connectivity index (χ1) is 8.75.